The minimum Gasteiger partial charge on any atom is -0.497 e. The Kier molecular flexibility index (Phi) is 3.69. The highest BCUT2D eigenvalue weighted by atomic mass is 16.5. The Morgan fingerprint density at radius 1 is 1.37 bits per heavy atom. The van der Waals surface area contributed by atoms with Crippen LogP contribution >= 0.6 is 0 Å². The summed E-state index contributed by atoms with van der Waals surface area (Å²) in [4.78, 5) is 12.0. The fraction of sp³-hybridized carbons (Fsp3) is 0.533. The van der Waals surface area contributed by atoms with Gasteiger partial charge in [0.2, 0.25) is 5.91 Å². The van der Waals surface area contributed by atoms with E-state index in [2.05, 4.69) is 19.2 Å². The van der Waals surface area contributed by atoms with E-state index in [1.807, 2.05) is 18.2 Å². The third kappa shape index (κ3) is 3.00. The third-order valence-electron chi connectivity index (χ3n) is 3.77. The molecule has 2 rings (SSSR count). The average Bonchev–Trinajstić information content (AvgIpc) is 3.04. The molecule has 1 aliphatic rings. The first-order valence-electron chi connectivity index (χ1n) is 6.46. The van der Waals surface area contributed by atoms with Gasteiger partial charge in [0, 0.05) is 18.0 Å². The number of methoxy groups -OCH3 is 2. The van der Waals surface area contributed by atoms with Gasteiger partial charge < -0.3 is 14.8 Å². The molecule has 0 aliphatic heterocycles. The molecule has 0 saturated heterocycles. The Labute approximate surface area is 114 Å². The van der Waals surface area contributed by atoms with Crippen molar-refractivity contribution in [1.29, 1.82) is 0 Å². The Bertz CT molecular complexity index is 482. The molecule has 0 radical (unpaired) electrons. The zero-order valence-corrected chi connectivity index (χ0v) is 11.9. The van der Waals surface area contributed by atoms with Gasteiger partial charge in [-0.2, -0.15) is 0 Å². The molecule has 1 unspecified atom stereocenters. The van der Waals surface area contributed by atoms with Crippen LogP contribution in [0.15, 0.2) is 18.2 Å². The van der Waals surface area contributed by atoms with E-state index in [0.717, 1.165) is 23.5 Å². The third-order valence-corrected chi connectivity index (χ3v) is 3.77. The Hall–Kier alpha value is -1.71. The Morgan fingerprint density at radius 2 is 2.05 bits per heavy atom. The molecule has 0 aromatic heterocycles. The van der Waals surface area contributed by atoms with Gasteiger partial charge in [-0.15, -0.1) is 0 Å². The van der Waals surface area contributed by atoms with Crippen LogP contribution in [-0.4, -0.2) is 20.1 Å². The fourth-order valence-electron chi connectivity index (χ4n) is 2.24. The zero-order chi connectivity index (χ0) is 14.0. The van der Waals surface area contributed by atoms with Crippen LogP contribution in [0.25, 0.3) is 0 Å². The van der Waals surface area contributed by atoms with Crippen LogP contribution < -0.4 is 14.8 Å². The minimum atomic E-state index is 0.120. The van der Waals surface area contributed by atoms with Gasteiger partial charge >= 0.3 is 0 Å². The minimum absolute atomic E-state index is 0.120. The van der Waals surface area contributed by atoms with Crippen molar-refractivity contribution in [3.8, 4) is 11.5 Å². The lowest BCUT2D eigenvalue weighted by Gasteiger charge is -2.12. The van der Waals surface area contributed by atoms with Crippen LogP contribution in [0.4, 0.5) is 0 Å². The Balaban J connectivity index is 2.00. The number of carbonyl (C=O) groups excluding carboxylic acids is 1. The molecule has 4 nitrogen and oxygen atoms in total. The number of ether oxygens (including phenoxy) is 2. The molecule has 1 atom stereocenters. The van der Waals surface area contributed by atoms with E-state index in [1.54, 1.807) is 14.2 Å². The topological polar surface area (TPSA) is 47.6 Å². The maximum absolute atomic E-state index is 12.0. The molecule has 1 aliphatic carbocycles. The standard InChI is InChI=1S/C15H21NO3/c1-15(2)8-12(15)14(17)16-9-10-7-11(18-3)5-6-13(10)19-4/h5-7,12H,8-9H2,1-4H3,(H,16,17). The summed E-state index contributed by atoms with van der Waals surface area (Å²) in [6.07, 6.45) is 0.966. The molecule has 1 amide bonds. The second-order valence-corrected chi connectivity index (χ2v) is 5.64. The predicted octanol–water partition coefficient (Wildman–Crippen LogP) is 2.37. The summed E-state index contributed by atoms with van der Waals surface area (Å²) in [6, 6.07) is 5.58. The molecule has 0 heterocycles. The lowest BCUT2D eigenvalue weighted by Crippen LogP contribution is -2.26. The first kappa shape index (κ1) is 13.7. The molecular formula is C15H21NO3. The normalized spacial score (nSPS) is 19.7. The van der Waals surface area contributed by atoms with Crippen molar-refractivity contribution in [3.63, 3.8) is 0 Å². The van der Waals surface area contributed by atoms with Crippen molar-refractivity contribution < 1.29 is 14.3 Å². The monoisotopic (exact) mass is 263 g/mol. The van der Waals surface area contributed by atoms with Gasteiger partial charge in [-0.1, -0.05) is 13.8 Å². The molecule has 0 bridgehead atoms. The molecule has 104 valence electrons. The largest absolute Gasteiger partial charge is 0.497 e. The summed E-state index contributed by atoms with van der Waals surface area (Å²) < 4.78 is 10.5. The number of hydrogen-bond acceptors (Lipinski definition) is 3. The molecule has 1 fully saturated rings. The number of hydrogen-bond donors (Lipinski definition) is 1. The van der Waals surface area contributed by atoms with Gasteiger partial charge in [0.05, 0.1) is 14.2 Å². The molecule has 0 spiro atoms. The van der Waals surface area contributed by atoms with Gasteiger partial charge in [-0.05, 0) is 30.0 Å². The van der Waals surface area contributed by atoms with E-state index in [1.165, 1.54) is 0 Å². The zero-order valence-electron chi connectivity index (χ0n) is 11.9. The van der Waals surface area contributed by atoms with Gasteiger partial charge in [-0.25, -0.2) is 0 Å². The van der Waals surface area contributed by atoms with Gasteiger partial charge in [0.1, 0.15) is 11.5 Å². The molecular weight excluding hydrogens is 242 g/mol. The molecule has 4 heteroatoms. The SMILES string of the molecule is COc1ccc(OC)c(CNC(=O)C2CC2(C)C)c1. The van der Waals surface area contributed by atoms with E-state index < -0.39 is 0 Å². The van der Waals surface area contributed by atoms with Crippen LogP contribution in [0.3, 0.4) is 0 Å². The lowest BCUT2D eigenvalue weighted by atomic mass is 10.1. The van der Waals surface area contributed by atoms with Crippen LogP contribution in [0.5, 0.6) is 11.5 Å². The van der Waals surface area contributed by atoms with Gasteiger partial charge in [-0.3, -0.25) is 4.79 Å². The van der Waals surface area contributed by atoms with Gasteiger partial charge in [0.15, 0.2) is 0 Å². The van der Waals surface area contributed by atoms with Crippen LogP contribution in [0.2, 0.25) is 0 Å². The summed E-state index contributed by atoms with van der Waals surface area (Å²) in [5.74, 6) is 1.78. The summed E-state index contributed by atoms with van der Waals surface area (Å²) in [5, 5.41) is 2.97. The highest BCUT2D eigenvalue weighted by molar-refractivity contribution is 5.82. The van der Waals surface area contributed by atoms with Crippen LogP contribution in [0.1, 0.15) is 25.8 Å². The number of amides is 1. The maximum Gasteiger partial charge on any atom is 0.223 e. The average molecular weight is 263 g/mol. The first-order valence-corrected chi connectivity index (χ1v) is 6.46. The maximum atomic E-state index is 12.0. The van der Waals surface area contributed by atoms with E-state index in [9.17, 15) is 4.79 Å². The van der Waals surface area contributed by atoms with Crippen molar-refractivity contribution >= 4 is 5.91 Å². The smallest absolute Gasteiger partial charge is 0.223 e. The van der Waals surface area contributed by atoms with Gasteiger partial charge in [0.25, 0.3) is 0 Å². The number of nitrogens with one attached hydrogen (secondary N) is 1. The second kappa shape index (κ2) is 5.11. The van der Waals surface area contributed by atoms with Crippen molar-refractivity contribution in [2.45, 2.75) is 26.8 Å². The molecule has 1 saturated carbocycles. The van der Waals surface area contributed by atoms with Crippen LogP contribution in [0, 0.1) is 11.3 Å². The summed E-state index contributed by atoms with van der Waals surface area (Å²) in [5.41, 5.74) is 1.08. The molecule has 1 N–H and O–H groups in total. The van der Waals surface area contributed by atoms with Crippen molar-refractivity contribution in [1.82, 2.24) is 5.32 Å². The van der Waals surface area contributed by atoms with E-state index in [-0.39, 0.29) is 17.2 Å². The molecule has 1 aromatic carbocycles. The first-order chi connectivity index (χ1) is 8.97. The predicted molar refractivity (Wildman–Crippen MR) is 73.3 cm³/mol. The number of benzene rings is 1. The van der Waals surface area contributed by atoms with Crippen LogP contribution in [-0.2, 0) is 11.3 Å². The van der Waals surface area contributed by atoms with Crippen molar-refractivity contribution in [2.75, 3.05) is 14.2 Å². The molecule has 1 aromatic rings. The highest BCUT2D eigenvalue weighted by Gasteiger charge is 2.50. The fourth-order valence-corrected chi connectivity index (χ4v) is 2.24. The van der Waals surface area contributed by atoms with Crippen molar-refractivity contribution in [2.24, 2.45) is 11.3 Å². The molecule has 19 heavy (non-hydrogen) atoms. The van der Waals surface area contributed by atoms with E-state index >= 15 is 0 Å². The summed E-state index contributed by atoms with van der Waals surface area (Å²) in [7, 11) is 3.24. The van der Waals surface area contributed by atoms with Crippen molar-refractivity contribution in [3.05, 3.63) is 23.8 Å². The van der Waals surface area contributed by atoms with E-state index in [0.29, 0.717) is 6.54 Å². The number of carbonyl (C=O) groups is 1. The summed E-state index contributed by atoms with van der Waals surface area (Å²) >= 11 is 0. The lowest BCUT2D eigenvalue weighted by molar-refractivity contribution is -0.123. The van der Waals surface area contributed by atoms with E-state index in [4.69, 9.17) is 9.47 Å². The number of rotatable bonds is 5. The Morgan fingerprint density at radius 3 is 2.58 bits per heavy atom. The quantitative estimate of drug-likeness (QED) is 0.887. The summed E-state index contributed by atoms with van der Waals surface area (Å²) in [6.45, 7) is 4.69. The second-order valence-electron chi connectivity index (χ2n) is 5.64. The highest BCUT2D eigenvalue weighted by Crippen LogP contribution is 2.51.